The summed E-state index contributed by atoms with van der Waals surface area (Å²) in [4.78, 5) is 23.1. The topological polar surface area (TPSA) is 46.2 Å². The fourth-order valence-corrected chi connectivity index (χ4v) is 1.57. The van der Waals surface area contributed by atoms with E-state index in [1.807, 2.05) is 0 Å². The first-order valence-corrected chi connectivity index (χ1v) is 5.45. The van der Waals surface area contributed by atoms with Crippen LogP contribution in [0.15, 0.2) is 47.7 Å². The van der Waals surface area contributed by atoms with Gasteiger partial charge in [-0.25, -0.2) is 0 Å². The molecule has 0 amide bonds. The monoisotopic (exact) mass is 247 g/mol. The molecule has 0 spiro atoms. The number of benzene rings is 1. The van der Waals surface area contributed by atoms with E-state index >= 15 is 0 Å². The van der Waals surface area contributed by atoms with Crippen LogP contribution in [0.25, 0.3) is 0 Å². The van der Waals surface area contributed by atoms with E-state index in [0.717, 1.165) is 5.69 Å². The van der Waals surface area contributed by atoms with Gasteiger partial charge in [0, 0.05) is 22.4 Å². The van der Waals surface area contributed by atoms with E-state index in [0.29, 0.717) is 10.6 Å². The Bertz CT molecular complexity index is 541. The molecular formula is C13H10ClNO2. The van der Waals surface area contributed by atoms with Gasteiger partial charge in [0.15, 0.2) is 5.78 Å². The summed E-state index contributed by atoms with van der Waals surface area (Å²) in [7, 11) is 0. The Balaban J connectivity index is 2.20. The van der Waals surface area contributed by atoms with Crippen molar-refractivity contribution in [1.29, 1.82) is 0 Å². The first-order chi connectivity index (χ1) is 8.06. The molecule has 0 radical (unpaired) electrons. The summed E-state index contributed by atoms with van der Waals surface area (Å²) in [5, 5.41) is 3.51. The Hall–Kier alpha value is -1.87. The zero-order valence-electron chi connectivity index (χ0n) is 9.16. The van der Waals surface area contributed by atoms with Crippen molar-refractivity contribution in [2.24, 2.45) is 0 Å². The predicted molar refractivity (Wildman–Crippen MR) is 66.9 cm³/mol. The molecule has 0 bridgehead atoms. The third kappa shape index (κ3) is 2.63. The average Bonchev–Trinajstić information content (AvgIpc) is 2.29. The number of carbonyl (C=O) groups is 2. The number of hydrogen-bond acceptors (Lipinski definition) is 3. The second-order valence-corrected chi connectivity index (χ2v) is 4.18. The van der Waals surface area contributed by atoms with Crippen molar-refractivity contribution in [3.05, 3.63) is 52.7 Å². The molecular weight excluding hydrogens is 238 g/mol. The van der Waals surface area contributed by atoms with Gasteiger partial charge < -0.3 is 5.32 Å². The van der Waals surface area contributed by atoms with Crippen molar-refractivity contribution in [2.45, 2.75) is 6.92 Å². The molecule has 17 heavy (non-hydrogen) atoms. The minimum atomic E-state index is -0.197. The zero-order chi connectivity index (χ0) is 12.4. The van der Waals surface area contributed by atoms with Crippen LogP contribution in [0.4, 0.5) is 5.69 Å². The summed E-state index contributed by atoms with van der Waals surface area (Å²) in [5.74, 6) is -0.349. The van der Waals surface area contributed by atoms with Crippen LogP contribution >= 0.6 is 11.6 Å². The number of nitrogens with one attached hydrogen (secondary N) is 1. The third-order valence-electron chi connectivity index (χ3n) is 2.40. The molecule has 1 aromatic rings. The standard InChI is InChI=1S/C13H10ClNO2/c1-8-6-13(17)11(7-12(8)16)15-10-4-2-9(14)3-5-10/h2-7,15H,1H3. The highest BCUT2D eigenvalue weighted by molar-refractivity contribution is 6.30. The van der Waals surface area contributed by atoms with Crippen molar-refractivity contribution in [1.82, 2.24) is 0 Å². The third-order valence-corrected chi connectivity index (χ3v) is 2.65. The highest BCUT2D eigenvalue weighted by atomic mass is 35.5. The zero-order valence-corrected chi connectivity index (χ0v) is 9.91. The Labute approximate surface area is 104 Å². The van der Waals surface area contributed by atoms with Gasteiger partial charge >= 0.3 is 0 Å². The Morgan fingerprint density at radius 2 is 1.65 bits per heavy atom. The largest absolute Gasteiger partial charge is 0.352 e. The van der Waals surface area contributed by atoms with Crippen molar-refractivity contribution >= 4 is 28.9 Å². The summed E-state index contributed by atoms with van der Waals surface area (Å²) in [6.07, 6.45) is 2.65. The SMILES string of the molecule is CC1=CC(=O)C(Nc2ccc(Cl)cc2)=CC1=O. The Morgan fingerprint density at radius 3 is 2.29 bits per heavy atom. The van der Waals surface area contributed by atoms with Crippen LogP contribution in [0.5, 0.6) is 0 Å². The smallest absolute Gasteiger partial charge is 0.202 e. The quantitative estimate of drug-likeness (QED) is 0.818. The molecule has 0 unspecified atom stereocenters. The van der Waals surface area contributed by atoms with Crippen molar-refractivity contribution in [3.8, 4) is 0 Å². The number of anilines is 1. The van der Waals surface area contributed by atoms with Gasteiger partial charge in [-0.15, -0.1) is 0 Å². The maximum Gasteiger partial charge on any atom is 0.202 e. The average molecular weight is 248 g/mol. The molecule has 1 N–H and O–H groups in total. The molecule has 1 aliphatic rings. The molecule has 1 aromatic carbocycles. The van der Waals surface area contributed by atoms with E-state index in [1.165, 1.54) is 12.2 Å². The first-order valence-electron chi connectivity index (χ1n) is 5.07. The van der Waals surface area contributed by atoms with Gasteiger partial charge in [-0.1, -0.05) is 11.6 Å². The summed E-state index contributed by atoms with van der Waals surface area (Å²) < 4.78 is 0. The summed E-state index contributed by atoms with van der Waals surface area (Å²) in [5.41, 5.74) is 1.45. The first kappa shape index (κ1) is 11.6. The Morgan fingerprint density at radius 1 is 1.00 bits per heavy atom. The Kier molecular flexibility index (Phi) is 3.11. The molecule has 0 heterocycles. The lowest BCUT2D eigenvalue weighted by molar-refractivity contribution is -0.115. The van der Waals surface area contributed by atoms with Crippen LogP contribution in [0.3, 0.4) is 0 Å². The minimum absolute atomic E-state index is 0.152. The molecule has 0 fully saturated rings. The van der Waals surface area contributed by atoms with Gasteiger partial charge in [0.05, 0.1) is 5.70 Å². The fraction of sp³-hybridized carbons (Fsp3) is 0.0769. The second kappa shape index (κ2) is 4.55. The number of ketones is 2. The normalized spacial score (nSPS) is 15.4. The van der Waals surface area contributed by atoms with Crippen LogP contribution in [-0.4, -0.2) is 11.6 Å². The van der Waals surface area contributed by atoms with E-state index in [9.17, 15) is 9.59 Å². The van der Waals surface area contributed by atoms with Gasteiger partial charge in [-0.05, 0) is 37.3 Å². The lowest BCUT2D eigenvalue weighted by Gasteiger charge is -2.12. The van der Waals surface area contributed by atoms with E-state index in [4.69, 9.17) is 11.6 Å². The van der Waals surface area contributed by atoms with Gasteiger partial charge in [0.25, 0.3) is 0 Å². The van der Waals surface area contributed by atoms with Gasteiger partial charge in [-0.3, -0.25) is 9.59 Å². The molecule has 0 saturated carbocycles. The number of allylic oxidation sites excluding steroid dienone is 3. The molecule has 0 aliphatic heterocycles. The number of hydrogen-bond donors (Lipinski definition) is 1. The molecule has 3 nitrogen and oxygen atoms in total. The predicted octanol–water partition coefficient (Wildman–Crippen LogP) is 2.73. The molecule has 86 valence electrons. The van der Waals surface area contributed by atoms with Crippen LogP contribution in [0, 0.1) is 0 Å². The van der Waals surface area contributed by atoms with E-state index in [1.54, 1.807) is 31.2 Å². The number of rotatable bonds is 2. The van der Waals surface area contributed by atoms with Crippen molar-refractivity contribution < 1.29 is 9.59 Å². The molecule has 0 atom stereocenters. The van der Waals surface area contributed by atoms with Crippen LogP contribution in [0.1, 0.15) is 6.92 Å². The summed E-state index contributed by atoms with van der Waals surface area (Å²) in [6, 6.07) is 6.90. The molecule has 4 heteroatoms. The minimum Gasteiger partial charge on any atom is -0.352 e. The molecule has 1 aliphatic carbocycles. The van der Waals surface area contributed by atoms with Crippen molar-refractivity contribution in [3.63, 3.8) is 0 Å². The van der Waals surface area contributed by atoms with E-state index in [2.05, 4.69) is 5.32 Å². The van der Waals surface area contributed by atoms with Gasteiger partial charge in [0.2, 0.25) is 5.78 Å². The van der Waals surface area contributed by atoms with Gasteiger partial charge in [-0.2, -0.15) is 0 Å². The highest BCUT2D eigenvalue weighted by Gasteiger charge is 2.17. The lowest BCUT2D eigenvalue weighted by atomic mass is 10.0. The number of carbonyl (C=O) groups excluding carboxylic acids is 2. The van der Waals surface area contributed by atoms with E-state index in [-0.39, 0.29) is 17.3 Å². The number of halogens is 1. The maximum absolute atomic E-state index is 11.6. The lowest BCUT2D eigenvalue weighted by Crippen LogP contribution is -2.17. The maximum atomic E-state index is 11.6. The van der Waals surface area contributed by atoms with Gasteiger partial charge in [0.1, 0.15) is 0 Å². The summed E-state index contributed by atoms with van der Waals surface area (Å²) in [6.45, 7) is 1.62. The van der Waals surface area contributed by atoms with Crippen LogP contribution < -0.4 is 5.32 Å². The fourth-order valence-electron chi connectivity index (χ4n) is 1.45. The summed E-state index contributed by atoms with van der Waals surface area (Å²) >= 11 is 5.75. The van der Waals surface area contributed by atoms with Crippen molar-refractivity contribution in [2.75, 3.05) is 5.32 Å². The van der Waals surface area contributed by atoms with Crippen LogP contribution in [0.2, 0.25) is 5.02 Å². The molecule has 0 saturated heterocycles. The second-order valence-electron chi connectivity index (χ2n) is 3.75. The van der Waals surface area contributed by atoms with Crippen LogP contribution in [-0.2, 0) is 9.59 Å². The highest BCUT2D eigenvalue weighted by Crippen LogP contribution is 2.18. The molecule has 0 aromatic heterocycles. The molecule has 2 rings (SSSR count). The van der Waals surface area contributed by atoms with E-state index < -0.39 is 0 Å².